The third kappa shape index (κ3) is 3.42. The summed E-state index contributed by atoms with van der Waals surface area (Å²) in [4.78, 5) is 11.2. The first kappa shape index (κ1) is 13.4. The number of hydrogen-bond acceptors (Lipinski definition) is 4. The summed E-state index contributed by atoms with van der Waals surface area (Å²) in [6.45, 7) is 3.08. The third-order valence-electron chi connectivity index (χ3n) is 2.45. The molecule has 0 bridgehead atoms. The van der Waals surface area contributed by atoms with Crippen molar-refractivity contribution in [2.75, 3.05) is 19.0 Å². The van der Waals surface area contributed by atoms with E-state index in [2.05, 4.69) is 10.1 Å². The SMILES string of the molecule is COC(=O)C(C)(O)CNc1cc(F)ccc1C. The van der Waals surface area contributed by atoms with E-state index in [9.17, 15) is 14.3 Å². The molecule has 1 rings (SSSR count). The first-order valence-corrected chi connectivity index (χ1v) is 5.17. The summed E-state index contributed by atoms with van der Waals surface area (Å²) in [5, 5.41) is 12.6. The lowest BCUT2D eigenvalue weighted by Crippen LogP contribution is -2.42. The Hall–Kier alpha value is -1.62. The normalized spacial score (nSPS) is 13.9. The number of aryl methyl sites for hydroxylation is 1. The number of hydrogen-bond donors (Lipinski definition) is 2. The molecule has 4 nitrogen and oxygen atoms in total. The second kappa shape index (κ2) is 5.14. The molecule has 0 aliphatic heterocycles. The van der Waals surface area contributed by atoms with Gasteiger partial charge in [0.2, 0.25) is 0 Å². The van der Waals surface area contributed by atoms with Crippen molar-refractivity contribution in [2.45, 2.75) is 19.4 Å². The molecule has 0 radical (unpaired) electrons. The number of rotatable bonds is 4. The Morgan fingerprint density at radius 3 is 2.82 bits per heavy atom. The molecular formula is C12H16FNO3. The Kier molecular flexibility index (Phi) is 4.07. The predicted octanol–water partition coefficient (Wildman–Crippen LogP) is 1.47. The van der Waals surface area contributed by atoms with Gasteiger partial charge in [-0.15, -0.1) is 0 Å². The molecule has 0 aliphatic rings. The number of esters is 1. The van der Waals surface area contributed by atoms with E-state index >= 15 is 0 Å². The highest BCUT2D eigenvalue weighted by molar-refractivity contribution is 5.79. The maximum absolute atomic E-state index is 13.0. The molecule has 1 aromatic rings. The van der Waals surface area contributed by atoms with Gasteiger partial charge in [-0.25, -0.2) is 9.18 Å². The Labute approximate surface area is 99.4 Å². The molecule has 1 aromatic carbocycles. The van der Waals surface area contributed by atoms with Gasteiger partial charge in [0.25, 0.3) is 0 Å². The zero-order chi connectivity index (χ0) is 13.1. The highest BCUT2D eigenvalue weighted by Gasteiger charge is 2.31. The molecule has 17 heavy (non-hydrogen) atoms. The number of benzene rings is 1. The summed E-state index contributed by atoms with van der Waals surface area (Å²) < 4.78 is 17.5. The van der Waals surface area contributed by atoms with Crippen LogP contribution in [-0.4, -0.2) is 30.3 Å². The van der Waals surface area contributed by atoms with Crippen molar-refractivity contribution in [1.82, 2.24) is 0 Å². The molecular weight excluding hydrogens is 225 g/mol. The third-order valence-corrected chi connectivity index (χ3v) is 2.45. The van der Waals surface area contributed by atoms with Crippen LogP contribution < -0.4 is 5.32 Å². The highest BCUT2D eigenvalue weighted by Crippen LogP contribution is 2.17. The van der Waals surface area contributed by atoms with E-state index in [4.69, 9.17) is 0 Å². The molecule has 0 spiro atoms. The van der Waals surface area contributed by atoms with Crippen LogP contribution in [-0.2, 0) is 9.53 Å². The van der Waals surface area contributed by atoms with Crippen molar-refractivity contribution in [3.05, 3.63) is 29.6 Å². The number of methoxy groups -OCH3 is 1. The van der Waals surface area contributed by atoms with Gasteiger partial charge in [0.05, 0.1) is 13.7 Å². The van der Waals surface area contributed by atoms with Crippen LogP contribution in [0.25, 0.3) is 0 Å². The van der Waals surface area contributed by atoms with E-state index in [1.165, 1.54) is 26.2 Å². The van der Waals surface area contributed by atoms with Crippen LogP contribution in [0.15, 0.2) is 18.2 Å². The number of halogens is 1. The van der Waals surface area contributed by atoms with Crippen molar-refractivity contribution in [2.24, 2.45) is 0 Å². The van der Waals surface area contributed by atoms with E-state index in [0.29, 0.717) is 5.69 Å². The summed E-state index contributed by atoms with van der Waals surface area (Å²) in [7, 11) is 1.20. The second-order valence-corrected chi connectivity index (χ2v) is 4.08. The number of nitrogens with one attached hydrogen (secondary N) is 1. The molecule has 1 atom stereocenters. The quantitative estimate of drug-likeness (QED) is 0.784. The van der Waals surface area contributed by atoms with E-state index in [-0.39, 0.29) is 12.4 Å². The molecule has 0 fully saturated rings. The summed E-state index contributed by atoms with van der Waals surface area (Å²) in [6.07, 6.45) is 0. The average Bonchev–Trinajstić information content (AvgIpc) is 2.29. The second-order valence-electron chi connectivity index (χ2n) is 4.08. The van der Waals surface area contributed by atoms with Crippen molar-refractivity contribution < 1.29 is 19.0 Å². The van der Waals surface area contributed by atoms with Gasteiger partial charge in [-0.05, 0) is 31.5 Å². The molecule has 0 heterocycles. The van der Waals surface area contributed by atoms with Crippen LogP contribution in [0, 0.1) is 12.7 Å². The van der Waals surface area contributed by atoms with Gasteiger partial charge >= 0.3 is 5.97 Å². The number of carbonyl (C=O) groups excluding carboxylic acids is 1. The standard InChI is InChI=1S/C12H16FNO3/c1-8-4-5-9(13)6-10(8)14-7-12(2,16)11(15)17-3/h4-6,14,16H,7H2,1-3H3. The van der Waals surface area contributed by atoms with Gasteiger partial charge in [-0.1, -0.05) is 6.07 Å². The Morgan fingerprint density at radius 2 is 2.24 bits per heavy atom. The van der Waals surface area contributed by atoms with Gasteiger partial charge in [-0.3, -0.25) is 0 Å². The molecule has 94 valence electrons. The Morgan fingerprint density at radius 1 is 1.59 bits per heavy atom. The molecule has 0 amide bonds. The van der Waals surface area contributed by atoms with Crippen LogP contribution >= 0.6 is 0 Å². The molecule has 0 saturated carbocycles. The molecule has 0 aromatic heterocycles. The maximum Gasteiger partial charge on any atom is 0.339 e. The Balaban J connectivity index is 2.73. The summed E-state index contributed by atoms with van der Waals surface area (Å²) >= 11 is 0. The minimum atomic E-state index is -1.65. The van der Waals surface area contributed by atoms with Gasteiger partial charge in [0.15, 0.2) is 5.60 Å². The average molecular weight is 241 g/mol. The largest absolute Gasteiger partial charge is 0.467 e. The first-order valence-electron chi connectivity index (χ1n) is 5.17. The zero-order valence-electron chi connectivity index (χ0n) is 10.1. The van der Waals surface area contributed by atoms with E-state index in [1.807, 2.05) is 0 Å². The van der Waals surface area contributed by atoms with Crippen LogP contribution in [0.3, 0.4) is 0 Å². The lowest BCUT2D eigenvalue weighted by atomic mass is 10.1. The zero-order valence-corrected chi connectivity index (χ0v) is 10.1. The number of anilines is 1. The number of ether oxygens (including phenoxy) is 1. The van der Waals surface area contributed by atoms with Crippen molar-refractivity contribution >= 4 is 11.7 Å². The Bertz CT molecular complexity index is 418. The number of carbonyl (C=O) groups is 1. The van der Waals surface area contributed by atoms with Gasteiger partial charge < -0.3 is 15.2 Å². The van der Waals surface area contributed by atoms with Gasteiger partial charge in [-0.2, -0.15) is 0 Å². The number of aliphatic hydroxyl groups is 1. The summed E-state index contributed by atoms with van der Waals surface area (Å²) in [5.41, 5.74) is -0.283. The molecule has 1 unspecified atom stereocenters. The summed E-state index contributed by atoms with van der Waals surface area (Å²) in [5.74, 6) is -1.12. The molecule has 5 heteroatoms. The van der Waals surface area contributed by atoms with Crippen molar-refractivity contribution in [1.29, 1.82) is 0 Å². The maximum atomic E-state index is 13.0. The van der Waals surface area contributed by atoms with Crippen LogP contribution in [0.4, 0.5) is 10.1 Å². The minimum Gasteiger partial charge on any atom is -0.467 e. The van der Waals surface area contributed by atoms with Crippen LogP contribution in [0.5, 0.6) is 0 Å². The molecule has 2 N–H and O–H groups in total. The minimum absolute atomic E-state index is 0.0516. The first-order chi connectivity index (χ1) is 7.86. The van der Waals surface area contributed by atoms with E-state index < -0.39 is 11.6 Å². The predicted molar refractivity (Wildman–Crippen MR) is 62.3 cm³/mol. The van der Waals surface area contributed by atoms with Crippen LogP contribution in [0.2, 0.25) is 0 Å². The fourth-order valence-electron chi connectivity index (χ4n) is 1.34. The van der Waals surface area contributed by atoms with Crippen LogP contribution in [0.1, 0.15) is 12.5 Å². The van der Waals surface area contributed by atoms with Gasteiger partial charge in [0, 0.05) is 5.69 Å². The van der Waals surface area contributed by atoms with E-state index in [1.54, 1.807) is 13.0 Å². The molecule has 0 saturated heterocycles. The van der Waals surface area contributed by atoms with Crippen molar-refractivity contribution in [3.63, 3.8) is 0 Å². The molecule has 0 aliphatic carbocycles. The smallest absolute Gasteiger partial charge is 0.339 e. The fourth-order valence-corrected chi connectivity index (χ4v) is 1.34. The topological polar surface area (TPSA) is 58.6 Å². The monoisotopic (exact) mass is 241 g/mol. The lowest BCUT2D eigenvalue weighted by molar-refractivity contribution is -0.158. The lowest BCUT2D eigenvalue weighted by Gasteiger charge is -2.21. The van der Waals surface area contributed by atoms with Gasteiger partial charge in [0.1, 0.15) is 5.82 Å². The van der Waals surface area contributed by atoms with Crippen molar-refractivity contribution in [3.8, 4) is 0 Å². The fraction of sp³-hybridized carbons (Fsp3) is 0.417. The van der Waals surface area contributed by atoms with E-state index in [0.717, 1.165) is 5.56 Å². The highest BCUT2D eigenvalue weighted by atomic mass is 19.1. The summed E-state index contributed by atoms with van der Waals surface area (Å²) in [6, 6.07) is 4.27.